The number of nitrogens with zero attached hydrogens (tertiary/aromatic N) is 1. The molecule has 0 saturated heterocycles. The van der Waals surface area contributed by atoms with Gasteiger partial charge in [0.1, 0.15) is 0 Å². The molecule has 0 radical (unpaired) electrons. The Morgan fingerprint density at radius 2 is 1.55 bits per heavy atom. The van der Waals surface area contributed by atoms with Gasteiger partial charge in [-0.3, -0.25) is 4.31 Å². The first kappa shape index (κ1) is 14.9. The molecule has 0 fully saturated rings. The molecule has 0 amide bonds. The van der Waals surface area contributed by atoms with Crippen molar-refractivity contribution >= 4 is 10.0 Å². The SMILES string of the molecule is CC1=CCc2ccccc2CN1S(=O)(=O)c1ccc(C)cc1. The van der Waals surface area contributed by atoms with Gasteiger partial charge in [0.15, 0.2) is 0 Å². The molecule has 0 N–H and O–H groups in total. The van der Waals surface area contributed by atoms with Crippen molar-refractivity contribution in [2.45, 2.75) is 31.7 Å². The summed E-state index contributed by atoms with van der Waals surface area (Å²) in [5, 5.41) is 0. The summed E-state index contributed by atoms with van der Waals surface area (Å²) in [7, 11) is -3.53. The summed E-state index contributed by atoms with van der Waals surface area (Å²) in [4.78, 5) is 0.338. The van der Waals surface area contributed by atoms with Crippen LogP contribution in [0.15, 0.2) is 65.2 Å². The second kappa shape index (κ2) is 5.61. The molecule has 0 spiro atoms. The molecule has 1 heterocycles. The summed E-state index contributed by atoms with van der Waals surface area (Å²) < 4.78 is 27.4. The molecular formula is C18H19NO2S. The second-order valence-corrected chi connectivity index (χ2v) is 7.51. The van der Waals surface area contributed by atoms with Crippen LogP contribution in [0.5, 0.6) is 0 Å². The van der Waals surface area contributed by atoms with Crippen LogP contribution in [0, 0.1) is 6.92 Å². The van der Waals surface area contributed by atoms with Gasteiger partial charge in [-0.1, -0.05) is 48.0 Å². The van der Waals surface area contributed by atoms with Gasteiger partial charge in [-0.2, -0.15) is 0 Å². The highest BCUT2D eigenvalue weighted by Crippen LogP contribution is 2.27. The molecule has 3 nitrogen and oxygen atoms in total. The number of hydrogen-bond donors (Lipinski definition) is 0. The minimum Gasteiger partial charge on any atom is -0.266 e. The van der Waals surface area contributed by atoms with Crippen LogP contribution in [0.1, 0.15) is 23.6 Å². The van der Waals surface area contributed by atoms with Crippen LogP contribution >= 0.6 is 0 Å². The van der Waals surface area contributed by atoms with Gasteiger partial charge in [-0.15, -0.1) is 0 Å². The Balaban J connectivity index is 2.04. The summed E-state index contributed by atoms with van der Waals surface area (Å²) in [6, 6.07) is 15.0. The minimum atomic E-state index is -3.53. The third-order valence-electron chi connectivity index (χ3n) is 4.05. The van der Waals surface area contributed by atoms with Crippen LogP contribution in [0.25, 0.3) is 0 Å². The molecule has 1 aliphatic rings. The van der Waals surface area contributed by atoms with Gasteiger partial charge in [0.2, 0.25) is 0 Å². The van der Waals surface area contributed by atoms with Crippen LogP contribution in [-0.2, 0) is 23.0 Å². The van der Waals surface area contributed by atoms with Crippen LogP contribution in [-0.4, -0.2) is 12.7 Å². The summed E-state index contributed by atoms with van der Waals surface area (Å²) in [6.07, 6.45) is 2.75. The maximum Gasteiger partial charge on any atom is 0.264 e. The van der Waals surface area contributed by atoms with Crippen molar-refractivity contribution in [3.63, 3.8) is 0 Å². The average Bonchev–Trinajstić information content (AvgIpc) is 2.68. The van der Waals surface area contributed by atoms with E-state index in [1.165, 1.54) is 9.87 Å². The standard InChI is InChI=1S/C18H19NO2S/c1-14-7-11-18(12-8-14)22(20,21)19-13-17-6-4-3-5-16(17)10-9-15(19)2/h3-9,11-12H,10,13H2,1-2H3. The van der Waals surface area contributed by atoms with E-state index in [9.17, 15) is 8.42 Å². The summed E-state index contributed by atoms with van der Waals surface area (Å²) in [5.74, 6) is 0. The topological polar surface area (TPSA) is 37.4 Å². The Kier molecular flexibility index (Phi) is 3.79. The number of allylic oxidation sites excluding steroid dienone is 2. The molecule has 114 valence electrons. The lowest BCUT2D eigenvalue weighted by atomic mass is 10.1. The molecule has 22 heavy (non-hydrogen) atoms. The fourth-order valence-electron chi connectivity index (χ4n) is 2.66. The van der Waals surface area contributed by atoms with E-state index in [0.29, 0.717) is 11.4 Å². The van der Waals surface area contributed by atoms with E-state index in [1.807, 2.05) is 50.3 Å². The fraction of sp³-hybridized carbons (Fsp3) is 0.222. The van der Waals surface area contributed by atoms with Crippen LogP contribution in [0.3, 0.4) is 0 Å². The molecule has 2 aromatic carbocycles. The summed E-state index contributed by atoms with van der Waals surface area (Å²) >= 11 is 0. The van der Waals surface area contributed by atoms with Gasteiger partial charge in [0, 0.05) is 5.70 Å². The van der Waals surface area contributed by atoms with Crippen LogP contribution < -0.4 is 0 Å². The highest BCUT2D eigenvalue weighted by molar-refractivity contribution is 7.89. The van der Waals surface area contributed by atoms with Gasteiger partial charge in [-0.25, -0.2) is 8.42 Å². The first-order chi connectivity index (χ1) is 10.5. The van der Waals surface area contributed by atoms with E-state index < -0.39 is 10.0 Å². The Morgan fingerprint density at radius 1 is 0.909 bits per heavy atom. The van der Waals surface area contributed by atoms with E-state index >= 15 is 0 Å². The molecule has 4 heteroatoms. The molecule has 0 saturated carbocycles. The Morgan fingerprint density at radius 3 is 2.23 bits per heavy atom. The monoisotopic (exact) mass is 313 g/mol. The number of rotatable bonds is 2. The molecule has 0 aromatic heterocycles. The van der Waals surface area contributed by atoms with Gasteiger partial charge in [-0.05, 0) is 43.5 Å². The Bertz CT molecular complexity index is 820. The van der Waals surface area contributed by atoms with Gasteiger partial charge in [0.25, 0.3) is 10.0 Å². The van der Waals surface area contributed by atoms with Gasteiger partial charge in [0.05, 0.1) is 11.4 Å². The molecule has 1 aliphatic heterocycles. The molecule has 0 atom stereocenters. The number of sulfonamides is 1. The highest BCUT2D eigenvalue weighted by atomic mass is 32.2. The molecular weight excluding hydrogens is 294 g/mol. The van der Waals surface area contributed by atoms with E-state index in [1.54, 1.807) is 12.1 Å². The number of aryl methyl sites for hydroxylation is 1. The smallest absolute Gasteiger partial charge is 0.264 e. The molecule has 2 aromatic rings. The van der Waals surface area contributed by atoms with E-state index in [-0.39, 0.29) is 0 Å². The van der Waals surface area contributed by atoms with Crippen molar-refractivity contribution in [3.8, 4) is 0 Å². The third-order valence-corrected chi connectivity index (χ3v) is 5.92. The van der Waals surface area contributed by atoms with E-state index in [4.69, 9.17) is 0 Å². The minimum absolute atomic E-state index is 0.338. The predicted molar refractivity (Wildman–Crippen MR) is 87.8 cm³/mol. The zero-order chi connectivity index (χ0) is 15.7. The quantitative estimate of drug-likeness (QED) is 0.849. The predicted octanol–water partition coefficient (Wildman–Crippen LogP) is 3.65. The van der Waals surface area contributed by atoms with Crippen molar-refractivity contribution in [2.75, 3.05) is 0 Å². The fourth-order valence-corrected chi connectivity index (χ4v) is 4.16. The number of fused-ring (bicyclic) bond motifs is 1. The van der Waals surface area contributed by atoms with Crippen molar-refractivity contribution in [2.24, 2.45) is 0 Å². The first-order valence-electron chi connectivity index (χ1n) is 7.31. The summed E-state index contributed by atoms with van der Waals surface area (Å²) in [6.45, 7) is 4.19. The lowest BCUT2D eigenvalue weighted by Gasteiger charge is -2.24. The molecule has 3 rings (SSSR count). The average molecular weight is 313 g/mol. The maximum absolute atomic E-state index is 13.0. The van der Waals surface area contributed by atoms with Gasteiger partial charge >= 0.3 is 0 Å². The largest absolute Gasteiger partial charge is 0.266 e. The van der Waals surface area contributed by atoms with Crippen LogP contribution in [0.4, 0.5) is 0 Å². The van der Waals surface area contributed by atoms with Crippen molar-refractivity contribution < 1.29 is 8.42 Å². The lowest BCUT2D eigenvalue weighted by molar-refractivity contribution is 0.474. The zero-order valence-corrected chi connectivity index (χ0v) is 13.6. The second-order valence-electron chi connectivity index (χ2n) is 5.64. The van der Waals surface area contributed by atoms with Gasteiger partial charge < -0.3 is 0 Å². The molecule has 0 aliphatic carbocycles. The van der Waals surface area contributed by atoms with Crippen molar-refractivity contribution in [3.05, 3.63) is 77.0 Å². The van der Waals surface area contributed by atoms with Crippen LogP contribution in [0.2, 0.25) is 0 Å². The Hall–Kier alpha value is -2.07. The lowest BCUT2D eigenvalue weighted by Crippen LogP contribution is -2.28. The summed E-state index contributed by atoms with van der Waals surface area (Å²) in [5.41, 5.74) is 4.07. The third kappa shape index (κ3) is 2.66. The normalized spacial score (nSPS) is 15.0. The van der Waals surface area contributed by atoms with E-state index in [2.05, 4.69) is 6.07 Å². The molecule has 0 bridgehead atoms. The van der Waals surface area contributed by atoms with Crippen molar-refractivity contribution in [1.29, 1.82) is 0 Å². The maximum atomic E-state index is 13.0. The first-order valence-corrected chi connectivity index (χ1v) is 8.75. The number of hydrogen-bond acceptors (Lipinski definition) is 2. The van der Waals surface area contributed by atoms with E-state index in [0.717, 1.165) is 23.2 Å². The molecule has 0 unspecified atom stereocenters. The highest BCUT2D eigenvalue weighted by Gasteiger charge is 2.26. The Labute approximate surface area is 132 Å². The zero-order valence-electron chi connectivity index (χ0n) is 12.8. The van der Waals surface area contributed by atoms with Crippen molar-refractivity contribution in [1.82, 2.24) is 4.31 Å². The number of benzene rings is 2.